The van der Waals surface area contributed by atoms with Crippen LogP contribution in [-0.2, 0) is 37.3 Å². The van der Waals surface area contributed by atoms with Gasteiger partial charge in [0, 0.05) is 44.7 Å². The number of aryl methyl sites for hydroxylation is 1. The molecule has 276 valence electrons. The number of unbranched alkanes of at least 4 members (excludes halogenated alkanes) is 1. The predicted octanol–water partition coefficient (Wildman–Crippen LogP) is 5.89. The van der Waals surface area contributed by atoms with Gasteiger partial charge in [0.05, 0.1) is 25.1 Å². The monoisotopic (exact) mass is 712 g/mol. The first-order chi connectivity index (χ1) is 23.9. The second kappa shape index (κ2) is 22.3. The number of rotatable bonds is 15. The molecule has 3 aromatic carbocycles. The number of aliphatic carboxylic acids is 1. The molecule has 0 saturated carbocycles. The number of ether oxygens (including phenoxy) is 2. The van der Waals surface area contributed by atoms with Crippen molar-refractivity contribution in [2.75, 3.05) is 38.9 Å². The van der Waals surface area contributed by atoms with E-state index in [9.17, 15) is 23.1 Å². The molecule has 0 aromatic heterocycles. The van der Waals surface area contributed by atoms with Crippen LogP contribution in [0, 0.1) is 6.92 Å². The molecule has 1 fully saturated rings. The lowest BCUT2D eigenvalue weighted by Crippen LogP contribution is -2.42. The van der Waals surface area contributed by atoms with E-state index in [1.54, 1.807) is 20.1 Å². The number of carbonyl (C=O) groups excluding carboxylic acids is 1. The molecular weight excluding hydrogens is 657 g/mol. The molecule has 4 rings (SSSR count). The molecular formula is C39H56N2O8S. The van der Waals surface area contributed by atoms with Crippen molar-refractivity contribution in [1.29, 1.82) is 0 Å². The third-order valence-corrected chi connectivity index (χ3v) is 9.18. The van der Waals surface area contributed by atoms with Gasteiger partial charge in [0.25, 0.3) is 5.91 Å². The number of nitrogens with zero attached hydrogens (tertiary/aromatic N) is 1. The summed E-state index contributed by atoms with van der Waals surface area (Å²) >= 11 is 0. The lowest BCUT2D eigenvalue weighted by Gasteiger charge is -2.24. The van der Waals surface area contributed by atoms with Crippen LogP contribution >= 0.6 is 0 Å². The first kappa shape index (κ1) is 42.6. The molecule has 3 N–H and O–H groups in total. The quantitative estimate of drug-likeness (QED) is 0.176. The van der Waals surface area contributed by atoms with Crippen molar-refractivity contribution in [3.8, 4) is 11.1 Å². The lowest BCUT2D eigenvalue weighted by molar-refractivity contribution is -0.139. The van der Waals surface area contributed by atoms with Gasteiger partial charge in [-0.1, -0.05) is 87.4 Å². The summed E-state index contributed by atoms with van der Waals surface area (Å²) in [7, 11) is -1.70. The second-order valence-electron chi connectivity index (χ2n) is 12.5. The van der Waals surface area contributed by atoms with Crippen molar-refractivity contribution in [2.45, 2.75) is 84.7 Å². The highest BCUT2D eigenvalue weighted by Crippen LogP contribution is 2.30. The Morgan fingerprint density at radius 3 is 2.18 bits per heavy atom. The number of amides is 1. The normalized spacial score (nSPS) is 16.4. The van der Waals surface area contributed by atoms with Gasteiger partial charge in [-0.15, -0.1) is 0 Å². The topological polar surface area (TPSA) is 142 Å². The maximum absolute atomic E-state index is 13.4. The molecule has 10 nitrogen and oxygen atoms in total. The van der Waals surface area contributed by atoms with Gasteiger partial charge in [-0.2, -0.15) is 0 Å². The highest BCUT2D eigenvalue weighted by molar-refractivity contribution is 7.90. The fourth-order valence-corrected chi connectivity index (χ4v) is 6.12. The van der Waals surface area contributed by atoms with E-state index in [1.807, 2.05) is 61.5 Å². The summed E-state index contributed by atoms with van der Waals surface area (Å²) in [5, 5.41) is 19.8. The van der Waals surface area contributed by atoms with Crippen LogP contribution in [0.15, 0.2) is 72.8 Å². The SMILES string of the molecule is CCCC.CCO.COCC1C[C@H](OCc2ccccc2)CN1Cc1ccc(C(=O)NC(CCS(C)(=O)=O)C(=O)O)c(-c2ccccc2C)c1. The predicted molar refractivity (Wildman–Crippen MR) is 199 cm³/mol. The van der Waals surface area contributed by atoms with Crippen molar-refractivity contribution in [2.24, 2.45) is 0 Å². The average molecular weight is 713 g/mol. The number of aliphatic hydroxyl groups excluding tert-OH is 1. The Morgan fingerprint density at radius 1 is 0.960 bits per heavy atom. The fraction of sp³-hybridized carbons (Fsp3) is 0.487. The number of hydrogen-bond acceptors (Lipinski definition) is 8. The van der Waals surface area contributed by atoms with E-state index in [4.69, 9.17) is 14.6 Å². The Kier molecular flexibility index (Phi) is 18.9. The van der Waals surface area contributed by atoms with Gasteiger partial charge in [-0.25, -0.2) is 13.2 Å². The molecule has 3 atom stereocenters. The number of likely N-dealkylation sites (tertiary alicyclic amines) is 1. The van der Waals surface area contributed by atoms with Crippen molar-refractivity contribution in [3.63, 3.8) is 0 Å². The standard InChI is InChI=1S/C33H40N2O7S.C4H10.C2H6O/c1-23-9-7-8-12-28(23)30-17-25(13-14-29(30)32(36)34-31(33(37)38)15-16-43(3,39)40)19-35-20-27(18-26(35)22-41-2)42-21-24-10-5-4-6-11-24;1-3-4-2;1-2-3/h4-14,17,26-27,31H,15-16,18-22H2,1-3H3,(H,34,36)(H,37,38);3-4H2,1-2H3;3H,2H2,1H3/t26?,27-,31?;;/m0../s1. The van der Waals surface area contributed by atoms with Gasteiger partial charge in [-0.05, 0) is 66.6 Å². The number of carboxylic acids is 1. The first-order valence-corrected chi connectivity index (χ1v) is 19.3. The molecule has 0 radical (unpaired) electrons. The largest absolute Gasteiger partial charge is 0.480 e. The van der Waals surface area contributed by atoms with Crippen molar-refractivity contribution in [1.82, 2.24) is 10.2 Å². The first-order valence-electron chi connectivity index (χ1n) is 17.3. The van der Waals surface area contributed by atoms with E-state index in [1.165, 1.54) is 12.8 Å². The Labute approximate surface area is 298 Å². The van der Waals surface area contributed by atoms with Gasteiger partial charge >= 0.3 is 5.97 Å². The van der Waals surface area contributed by atoms with Crippen LogP contribution in [0.3, 0.4) is 0 Å². The van der Waals surface area contributed by atoms with Crippen LogP contribution in [0.25, 0.3) is 11.1 Å². The summed E-state index contributed by atoms with van der Waals surface area (Å²) < 4.78 is 35.0. The second-order valence-corrected chi connectivity index (χ2v) is 14.7. The van der Waals surface area contributed by atoms with Crippen LogP contribution in [0.2, 0.25) is 0 Å². The van der Waals surface area contributed by atoms with Gasteiger partial charge < -0.3 is 25.0 Å². The van der Waals surface area contributed by atoms with Crippen molar-refractivity contribution < 1.29 is 37.7 Å². The molecule has 1 aliphatic rings. The maximum Gasteiger partial charge on any atom is 0.326 e. The number of carboxylic acid groups (broad SMARTS) is 1. The average Bonchev–Trinajstić information content (AvgIpc) is 3.47. The van der Waals surface area contributed by atoms with Crippen molar-refractivity contribution >= 4 is 21.7 Å². The maximum atomic E-state index is 13.4. The zero-order valence-electron chi connectivity index (χ0n) is 30.4. The minimum atomic E-state index is -3.40. The molecule has 0 bridgehead atoms. The van der Waals surface area contributed by atoms with Crippen LogP contribution in [0.5, 0.6) is 0 Å². The zero-order chi connectivity index (χ0) is 37.1. The molecule has 3 aromatic rings. The van der Waals surface area contributed by atoms with E-state index in [0.29, 0.717) is 30.9 Å². The summed E-state index contributed by atoms with van der Waals surface area (Å²) in [6.07, 6.45) is 4.36. The Hall–Kier alpha value is -3.61. The van der Waals surface area contributed by atoms with E-state index < -0.39 is 27.8 Å². The molecule has 2 unspecified atom stereocenters. The fourth-order valence-electron chi connectivity index (χ4n) is 5.45. The molecule has 1 heterocycles. The summed E-state index contributed by atoms with van der Waals surface area (Å²) in [5.41, 5.74) is 4.95. The van der Waals surface area contributed by atoms with Gasteiger partial charge in [0.15, 0.2) is 0 Å². The Morgan fingerprint density at radius 2 is 1.60 bits per heavy atom. The molecule has 1 amide bonds. The smallest absolute Gasteiger partial charge is 0.326 e. The molecule has 0 aliphatic carbocycles. The molecule has 50 heavy (non-hydrogen) atoms. The number of aliphatic hydroxyl groups is 1. The van der Waals surface area contributed by atoms with E-state index in [-0.39, 0.29) is 30.9 Å². The summed E-state index contributed by atoms with van der Waals surface area (Å²) in [6.45, 7) is 10.7. The highest BCUT2D eigenvalue weighted by atomic mass is 32.2. The number of carbonyl (C=O) groups is 2. The third-order valence-electron chi connectivity index (χ3n) is 8.21. The number of methoxy groups -OCH3 is 1. The minimum Gasteiger partial charge on any atom is -0.480 e. The van der Waals surface area contributed by atoms with Crippen molar-refractivity contribution in [3.05, 3.63) is 95.1 Å². The lowest BCUT2D eigenvalue weighted by atomic mass is 9.93. The summed E-state index contributed by atoms with van der Waals surface area (Å²) in [6, 6.07) is 22.2. The molecule has 1 aliphatic heterocycles. The third kappa shape index (κ3) is 14.7. The van der Waals surface area contributed by atoms with E-state index in [2.05, 4.69) is 36.2 Å². The molecule has 11 heteroatoms. The van der Waals surface area contributed by atoms with E-state index >= 15 is 0 Å². The highest BCUT2D eigenvalue weighted by Gasteiger charge is 2.33. The van der Waals surface area contributed by atoms with Crippen LogP contribution in [-0.4, -0.2) is 92.5 Å². The number of nitrogens with one attached hydrogen (secondary N) is 1. The summed E-state index contributed by atoms with van der Waals surface area (Å²) in [5.74, 6) is -2.20. The van der Waals surface area contributed by atoms with Gasteiger partial charge in [0.1, 0.15) is 15.9 Å². The minimum absolute atomic E-state index is 0.0566. The zero-order valence-corrected chi connectivity index (χ0v) is 31.2. The Bertz CT molecular complexity index is 1560. The number of hydrogen-bond donors (Lipinski definition) is 3. The Balaban J connectivity index is 0.00000114. The van der Waals surface area contributed by atoms with Crippen LogP contribution in [0.1, 0.15) is 73.5 Å². The van der Waals surface area contributed by atoms with Gasteiger partial charge in [0.2, 0.25) is 0 Å². The van der Waals surface area contributed by atoms with E-state index in [0.717, 1.165) is 41.5 Å². The number of sulfone groups is 1. The molecule has 0 spiro atoms. The number of benzene rings is 3. The van der Waals surface area contributed by atoms with Gasteiger partial charge in [-0.3, -0.25) is 9.69 Å². The van der Waals surface area contributed by atoms with Crippen LogP contribution in [0.4, 0.5) is 0 Å². The summed E-state index contributed by atoms with van der Waals surface area (Å²) in [4.78, 5) is 27.6. The molecule has 1 saturated heterocycles. The van der Waals surface area contributed by atoms with Crippen LogP contribution < -0.4 is 5.32 Å².